The summed E-state index contributed by atoms with van der Waals surface area (Å²) in [5, 5.41) is 0. The average molecular weight is 358 g/mol. The summed E-state index contributed by atoms with van der Waals surface area (Å²) < 4.78 is 12.9. The fourth-order valence-corrected chi connectivity index (χ4v) is 4.54. The standard InChI is InChI=1S/C22H28FNS/c23-21-8-10-22(11-9-21)25-18-14-20-12-16-24(17-13-20)15-4-7-19-5-2-1-3-6-19/h1-3,5-6,8-11,20H,4,7,12-18H2. The Bertz CT molecular complexity index is 606. The first kappa shape index (κ1) is 18.5. The first-order valence-electron chi connectivity index (χ1n) is 9.44. The Morgan fingerprint density at radius 3 is 2.40 bits per heavy atom. The molecule has 0 spiro atoms. The van der Waals surface area contributed by atoms with E-state index in [0.29, 0.717) is 0 Å². The highest BCUT2D eigenvalue weighted by molar-refractivity contribution is 7.99. The number of hydrogen-bond donors (Lipinski definition) is 0. The number of benzene rings is 2. The van der Waals surface area contributed by atoms with E-state index in [1.807, 2.05) is 23.9 Å². The van der Waals surface area contributed by atoms with E-state index in [4.69, 9.17) is 0 Å². The number of halogens is 1. The lowest BCUT2D eigenvalue weighted by atomic mass is 9.94. The Kier molecular flexibility index (Phi) is 7.37. The van der Waals surface area contributed by atoms with Crippen LogP contribution in [0.2, 0.25) is 0 Å². The predicted molar refractivity (Wildman–Crippen MR) is 106 cm³/mol. The van der Waals surface area contributed by atoms with E-state index in [1.165, 1.54) is 62.2 Å². The van der Waals surface area contributed by atoms with Crippen LogP contribution in [0, 0.1) is 11.7 Å². The zero-order valence-electron chi connectivity index (χ0n) is 14.9. The van der Waals surface area contributed by atoms with Crippen molar-refractivity contribution in [1.29, 1.82) is 0 Å². The van der Waals surface area contributed by atoms with Crippen LogP contribution < -0.4 is 0 Å². The minimum Gasteiger partial charge on any atom is -0.303 e. The van der Waals surface area contributed by atoms with Crippen molar-refractivity contribution >= 4 is 11.8 Å². The number of hydrogen-bond acceptors (Lipinski definition) is 2. The molecule has 1 heterocycles. The van der Waals surface area contributed by atoms with Gasteiger partial charge in [0.1, 0.15) is 5.82 Å². The van der Waals surface area contributed by atoms with Crippen LogP contribution in [0.5, 0.6) is 0 Å². The lowest BCUT2D eigenvalue weighted by molar-refractivity contribution is 0.181. The summed E-state index contributed by atoms with van der Waals surface area (Å²) in [5.41, 5.74) is 1.45. The molecule has 1 aliphatic rings. The SMILES string of the molecule is Fc1ccc(SCCC2CCN(CCCc3ccccc3)CC2)cc1. The maximum absolute atomic E-state index is 12.9. The largest absolute Gasteiger partial charge is 0.303 e. The van der Waals surface area contributed by atoms with Gasteiger partial charge in [0.05, 0.1) is 0 Å². The second-order valence-electron chi connectivity index (χ2n) is 6.97. The molecule has 0 saturated carbocycles. The minimum atomic E-state index is -0.149. The highest BCUT2D eigenvalue weighted by atomic mass is 32.2. The zero-order valence-corrected chi connectivity index (χ0v) is 15.7. The van der Waals surface area contributed by atoms with E-state index >= 15 is 0 Å². The Morgan fingerprint density at radius 2 is 1.68 bits per heavy atom. The molecule has 25 heavy (non-hydrogen) atoms. The molecule has 0 bridgehead atoms. The van der Waals surface area contributed by atoms with Gasteiger partial charge in [0.2, 0.25) is 0 Å². The Labute approximate surface area is 155 Å². The van der Waals surface area contributed by atoms with Gasteiger partial charge in [-0.15, -0.1) is 11.8 Å². The first-order chi connectivity index (χ1) is 12.3. The third kappa shape index (κ3) is 6.48. The molecule has 1 nitrogen and oxygen atoms in total. The molecular formula is C22H28FNS. The Balaban J connectivity index is 1.27. The van der Waals surface area contributed by atoms with Crippen molar-refractivity contribution in [3.05, 3.63) is 66.0 Å². The summed E-state index contributed by atoms with van der Waals surface area (Å²) in [5.74, 6) is 1.85. The molecule has 0 atom stereocenters. The molecule has 1 fully saturated rings. The first-order valence-corrected chi connectivity index (χ1v) is 10.4. The molecule has 0 unspecified atom stereocenters. The fourth-order valence-electron chi connectivity index (χ4n) is 3.52. The third-order valence-electron chi connectivity index (χ3n) is 5.10. The molecule has 1 saturated heterocycles. The molecule has 0 N–H and O–H groups in total. The van der Waals surface area contributed by atoms with Gasteiger partial charge < -0.3 is 4.90 Å². The molecule has 0 aliphatic carbocycles. The number of thioether (sulfide) groups is 1. The number of aryl methyl sites for hydroxylation is 1. The predicted octanol–water partition coefficient (Wildman–Crippen LogP) is 5.65. The molecule has 3 heteroatoms. The van der Waals surface area contributed by atoms with Crippen molar-refractivity contribution in [2.24, 2.45) is 5.92 Å². The van der Waals surface area contributed by atoms with Crippen LogP contribution in [0.4, 0.5) is 4.39 Å². The number of piperidine rings is 1. The van der Waals surface area contributed by atoms with E-state index in [9.17, 15) is 4.39 Å². The lowest BCUT2D eigenvalue weighted by Crippen LogP contribution is -2.34. The highest BCUT2D eigenvalue weighted by Crippen LogP contribution is 2.26. The molecule has 1 aliphatic heterocycles. The van der Waals surface area contributed by atoms with Gasteiger partial charge in [-0.1, -0.05) is 30.3 Å². The maximum atomic E-state index is 12.9. The van der Waals surface area contributed by atoms with Crippen molar-refractivity contribution in [2.45, 2.75) is 37.0 Å². The maximum Gasteiger partial charge on any atom is 0.123 e. The second-order valence-corrected chi connectivity index (χ2v) is 8.13. The molecule has 3 rings (SSSR count). The van der Waals surface area contributed by atoms with Crippen LogP contribution in [-0.4, -0.2) is 30.3 Å². The molecule has 134 valence electrons. The zero-order chi connectivity index (χ0) is 17.3. The van der Waals surface area contributed by atoms with Gasteiger partial charge in [0.15, 0.2) is 0 Å². The van der Waals surface area contributed by atoms with E-state index in [0.717, 1.165) is 11.7 Å². The van der Waals surface area contributed by atoms with E-state index < -0.39 is 0 Å². The number of nitrogens with zero attached hydrogens (tertiary/aromatic N) is 1. The summed E-state index contributed by atoms with van der Waals surface area (Å²) in [6, 6.07) is 17.7. The molecule has 0 aromatic heterocycles. The van der Waals surface area contributed by atoms with Gasteiger partial charge in [-0.25, -0.2) is 4.39 Å². The molecule has 2 aromatic rings. The summed E-state index contributed by atoms with van der Waals surface area (Å²) in [7, 11) is 0. The quantitative estimate of drug-likeness (QED) is 0.561. The van der Waals surface area contributed by atoms with Crippen molar-refractivity contribution in [1.82, 2.24) is 4.90 Å². The van der Waals surface area contributed by atoms with Crippen LogP contribution in [0.3, 0.4) is 0 Å². The lowest BCUT2D eigenvalue weighted by Gasteiger charge is -2.32. The van der Waals surface area contributed by atoms with Crippen molar-refractivity contribution in [3.8, 4) is 0 Å². The van der Waals surface area contributed by atoms with E-state index in [-0.39, 0.29) is 5.82 Å². The van der Waals surface area contributed by atoms with Crippen molar-refractivity contribution in [3.63, 3.8) is 0 Å². The van der Waals surface area contributed by atoms with Gasteiger partial charge in [-0.2, -0.15) is 0 Å². The molecule has 0 amide bonds. The Hall–Kier alpha value is -1.32. The fraction of sp³-hybridized carbons (Fsp3) is 0.455. The summed E-state index contributed by atoms with van der Waals surface area (Å²) >= 11 is 1.85. The van der Waals surface area contributed by atoms with Gasteiger partial charge in [0, 0.05) is 4.90 Å². The molecular weight excluding hydrogens is 329 g/mol. The molecule has 2 aromatic carbocycles. The van der Waals surface area contributed by atoms with E-state index in [1.54, 1.807) is 12.1 Å². The monoisotopic (exact) mass is 357 g/mol. The van der Waals surface area contributed by atoms with Crippen molar-refractivity contribution in [2.75, 3.05) is 25.4 Å². The number of likely N-dealkylation sites (tertiary alicyclic amines) is 1. The van der Waals surface area contributed by atoms with Crippen LogP contribution >= 0.6 is 11.8 Å². The van der Waals surface area contributed by atoms with E-state index in [2.05, 4.69) is 35.2 Å². The number of rotatable bonds is 8. The van der Waals surface area contributed by atoms with Crippen molar-refractivity contribution < 1.29 is 4.39 Å². The van der Waals surface area contributed by atoms with Gasteiger partial charge >= 0.3 is 0 Å². The third-order valence-corrected chi connectivity index (χ3v) is 6.14. The average Bonchev–Trinajstić information content (AvgIpc) is 2.66. The Morgan fingerprint density at radius 1 is 0.960 bits per heavy atom. The van der Waals surface area contributed by atoms with Crippen LogP contribution in [0.25, 0.3) is 0 Å². The summed E-state index contributed by atoms with van der Waals surface area (Å²) in [6.45, 7) is 3.73. The molecule has 0 radical (unpaired) electrons. The highest BCUT2D eigenvalue weighted by Gasteiger charge is 2.18. The second kappa shape index (κ2) is 9.98. The summed E-state index contributed by atoms with van der Waals surface area (Å²) in [4.78, 5) is 3.81. The van der Waals surface area contributed by atoms with Gasteiger partial charge in [-0.3, -0.25) is 0 Å². The normalized spacial score (nSPS) is 16.2. The van der Waals surface area contributed by atoms with Crippen LogP contribution in [0.15, 0.2) is 59.5 Å². The van der Waals surface area contributed by atoms with Crippen LogP contribution in [0.1, 0.15) is 31.2 Å². The topological polar surface area (TPSA) is 3.24 Å². The van der Waals surface area contributed by atoms with Crippen LogP contribution in [-0.2, 0) is 6.42 Å². The van der Waals surface area contributed by atoms with Gasteiger partial charge in [0.25, 0.3) is 0 Å². The smallest absolute Gasteiger partial charge is 0.123 e. The van der Waals surface area contributed by atoms with Gasteiger partial charge in [-0.05, 0) is 93.2 Å². The summed E-state index contributed by atoms with van der Waals surface area (Å²) in [6.07, 6.45) is 6.38. The minimum absolute atomic E-state index is 0.149.